The summed E-state index contributed by atoms with van der Waals surface area (Å²) in [5.74, 6) is 1.26. The molecule has 1 atom stereocenters. The van der Waals surface area contributed by atoms with Gasteiger partial charge in [0.2, 0.25) is 5.88 Å². The van der Waals surface area contributed by atoms with Crippen molar-refractivity contribution in [1.29, 1.82) is 0 Å². The molecule has 1 unspecified atom stereocenters. The van der Waals surface area contributed by atoms with E-state index in [-0.39, 0.29) is 12.0 Å². The Balaban J connectivity index is 1.53. The fraction of sp³-hybridized carbons (Fsp3) is 0.458. The standard InChI is InChI=1S/C24H30N8O3/c1-15-9-21(35-29-15)28-20-10-19(16-7-6-8-31(14-16)23(33)34-24(2,3)4)27-22-18(12-26-32(20)22)17-11-25-30(5)13-17/h9-13,16,28H,6-8,14H2,1-5H3. The van der Waals surface area contributed by atoms with Crippen LogP contribution in [0.15, 0.2) is 35.2 Å². The van der Waals surface area contributed by atoms with E-state index in [4.69, 9.17) is 14.2 Å². The maximum Gasteiger partial charge on any atom is 0.410 e. The van der Waals surface area contributed by atoms with E-state index < -0.39 is 5.60 Å². The zero-order chi connectivity index (χ0) is 24.7. The first-order chi connectivity index (χ1) is 16.7. The van der Waals surface area contributed by atoms with E-state index in [0.29, 0.717) is 30.4 Å². The highest BCUT2D eigenvalue weighted by molar-refractivity contribution is 5.78. The summed E-state index contributed by atoms with van der Waals surface area (Å²) in [5.41, 5.74) is 3.60. The van der Waals surface area contributed by atoms with Gasteiger partial charge in [-0.25, -0.2) is 9.78 Å². The summed E-state index contributed by atoms with van der Waals surface area (Å²) in [6, 6.07) is 3.79. The maximum absolute atomic E-state index is 12.7. The smallest absolute Gasteiger partial charge is 0.410 e. The Kier molecular flexibility index (Phi) is 5.70. The number of aromatic nitrogens is 6. The van der Waals surface area contributed by atoms with Crippen molar-refractivity contribution in [3.63, 3.8) is 0 Å². The number of anilines is 2. The van der Waals surface area contributed by atoms with Crippen molar-refractivity contribution in [2.45, 2.75) is 52.1 Å². The van der Waals surface area contributed by atoms with Crippen LogP contribution < -0.4 is 5.32 Å². The molecule has 1 fully saturated rings. The summed E-state index contributed by atoms with van der Waals surface area (Å²) in [6.07, 6.45) is 7.01. The van der Waals surface area contributed by atoms with Gasteiger partial charge in [0.1, 0.15) is 11.4 Å². The van der Waals surface area contributed by atoms with E-state index in [1.807, 2.05) is 53.1 Å². The van der Waals surface area contributed by atoms with Crippen LogP contribution in [0.2, 0.25) is 0 Å². The topological polar surface area (TPSA) is 116 Å². The Labute approximate surface area is 203 Å². The predicted octanol–water partition coefficient (Wildman–Crippen LogP) is 4.28. The number of nitrogens with one attached hydrogen (secondary N) is 1. The minimum atomic E-state index is -0.538. The van der Waals surface area contributed by atoms with Crippen molar-refractivity contribution in [3.8, 4) is 11.1 Å². The first-order valence-corrected chi connectivity index (χ1v) is 11.7. The molecule has 1 saturated heterocycles. The van der Waals surface area contributed by atoms with Gasteiger partial charge in [-0.15, -0.1) is 0 Å². The highest BCUT2D eigenvalue weighted by Crippen LogP contribution is 2.32. The van der Waals surface area contributed by atoms with Gasteiger partial charge in [0.25, 0.3) is 0 Å². The molecule has 35 heavy (non-hydrogen) atoms. The van der Waals surface area contributed by atoms with Crippen molar-refractivity contribution < 1.29 is 14.1 Å². The highest BCUT2D eigenvalue weighted by Gasteiger charge is 2.30. The van der Waals surface area contributed by atoms with E-state index in [1.165, 1.54) is 0 Å². The molecule has 4 aromatic rings. The van der Waals surface area contributed by atoms with Gasteiger partial charge in [0.05, 0.1) is 23.8 Å². The maximum atomic E-state index is 12.7. The van der Waals surface area contributed by atoms with Crippen LogP contribution in [-0.4, -0.2) is 59.2 Å². The summed E-state index contributed by atoms with van der Waals surface area (Å²) in [5, 5.41) is 16.1. The number of amides is 1. The van der Waals surface area contributed by atoms with Gasteiger partial charge >= 0.3 is 6.09 Å². The lowest BCUT2D eigenvalue weighted by Crippen LogP contribution is -2.42. The second-order valence-corrected chi connectivity index (χ2v) is 9.99. The molecular weight excluding hydrogens is 448 g/mol. The Bertz CT molecular complexity index is 1360. The van der Waals surface area contributed by atoms with Crippen molar-refractivity contribution in [2.24, 2.45) is 7.05 Å². The SMILES string of the molecule is Cc1cc(Nc2cc(C3CCCN(C(=O)OC(C)(C)C)C3)nc3c(-c4cnn(C)c4)cnn23)on1. The van der Waals surface area contributed by atoms with Gasteiger partial charge in [-0.05, 0) is 40.5 Å². The quantitative estimate of drug-likeness (QED) is 0.462. The first kappa shape index (κ1) is 22.9. The van der Waals surface area contributed by atoms with Gasteiger partial charge in [-0.1, -0.05) is 5.16 Å². The molecule has 11 nitrogen and oxygen atoms in total. The molecule has 0 aromatic carbocycles. The number of fused-ring (bicyclic) bond motifs is 1. The van der Waals surface area contributed by atoms with Gasteiger partial charge in [-0.3, -0.25) is 4.68 Å². The van der Waals surface area contributed by atoms with E-state index in [9.17, 15) is 4.79 Å². The fourth-order valence-corrected chi connectivity index (χ4v) is 4.30. The average Bonchev–Trinajstić information content (AvgIpc) is 3.52. The van der Waals surface area contributed by atoms with Gasteiger partial charge in [-0.2, -0.15) is 14.7 Å². The minimum Gasteiger partial charge on any atom is -0.444 e. The summed E-state index contributed by atoms with van der Waals surface area (Å²) in [6.45, 7) is 8.71. The second-order valence-electron chi connectivity index (χ2n) is 9.99. The molecule has 5 rings (SSSR count). The Morgan fingerprint density at radius 3 is 2.74 bits per heavy atom. The molecule has 5 heterocycles. The molecule has 184 valence electrons. The summed E-state index contributed by atoms with van der Waals surface area (Å²) >= 11 is 0. The minimum absolute atomic E-state index is 0.0509. The van der Waals surface area contributed by atoms with Crippen LogP contribution in [0.5, 0.6) is 0 Å². The number of likely N-dealkylation sites (tertiary alicyclic amines) is 1. The zero-order valence-electron chi connectivity index (χ0n) is 20.6. The number of carbonyl (C=O) groups is 1. The fourth-order valence-electron chi connectivity index (χ4n) is 4.30. The Morgan fingerprint density at radius 2 is 2.06 bits per heavy atom. The number of aryl methyl sites for hydroxylation is 2. The van der Waals surface area contributed by atoms with Crippen LogP contribution in [-0.2, 0) is 11.8 Å². The van der Waals surface area contributed by atoms with Crippen molar-refractivity contribution >= 4 is 23.4 Å². The molecule has 11 heteroatoms. The number of ether oxygens (including phenoxy) is 1. The molecule has 1 aliphatic heterocycles. The van der Waals surface area contributed by atoms with Crippen LogP contribution in [0.25, 0.3) is 16.8 Å². The molecule has 0 bridgehead atoms. The molecule has 0 radical (unpaired) electrons. The third-order valence-electron chi connectivity index (χ3n) is 5.88. The van der Waals surface area contributed by atoms with Crippen LogP contribution in [0, 0.1) is 6.92 Å². The lowest BCUT2D eigenvalue weighted by molar-refractivity contribution is 0.0197. The van der Waals surface area contributed by atoms with Gasteiger partial charge in [0, 0.05) is 55.5 Å². The number of piperidine rings is 1. The van der Waals surface area contributed by atoms with Crippen molar-refractivity contribution in [1.82, 2.24) is 34.4 Å². The zero-order valence-corrected chi connectivity index (χ0v) is 20.6. The van der Waals surface area contributed by atoms with E-state index >= 15 is 0 Å². The summed E-state index contributed by atoms with van der Waals surface area (Å²) < 4.78 is 14.5. The number of hydrogen-bond donors (Lipinski definition) is 1. The van der Waals surface area contributed by atoms with Crippen LogP contribution in [0.1, 0.15) is 50.9 Å². The average molecular weight is 479 g/mol. The van der Waals surface area contributed by atoms with Crippen LogP contribution in [0.4, 0.5) is 16.5 Å². The molecule has 0 spiro atoms. The van der Waals surface area contributed by atoms with Crippen molar-refractivity contribution in [2.75, 3.05) is 18.4 Å². The summed E-state index contributed by atoms with van der Waals surface area (Å²) in [7, 11) is 1.88. The monoisotopic (exact) mass is 478 g/mol. The van der Waals surface area contributed by atoms with E-state index in [2.05, 4.69) is 20.7 Å². The molecule has 1 amide bonds. The second kappa shape index (κ2) is 8.71. The number of carbonyl (C=O) groups excluding carboxylic acids is 1. The molecule has 0 aliphatic carbocycles. The van der Waals surface area contributed by atoms with Crippen LogP contribution in [0.3, 0.4) is 0 Å². The number of hydrogen-bond acceptors (Lipinski definition) is 8. The third kappa shape index (κ3) is 4.84. The normalized spacial score (nSPS) is 16.6. The summed E-state index contributed by atoms with van der Waals surface area (Å²) in [4.78, 5) is 19.5. The molecule has 0 saturated carbocycles. The lowest BCUT2D eigenvalue weighted by Gasteiger charge is -2.34. The predicted molar refractivity (Wildman–Crippen MR) is 129 cm³/mol. The van der Waals surface area contributed by atoms with E-state index in [1.54, 1.807) is 26.5 Å². The molecular formula is C24H30N8O3. The van der Waals surface area contributed by atoms with Gasteiger partial charge in [0.15, 0.2) is 5.65 Å². The molecule has 1 N–H and O–H groups in total. The largest absolute Gasteiger partial charge is 0.444 e. The molecule has 1 aliphatic rings. The van der Waals surface area contributed by atoms with E-state index in [0.717, 1.165) is 35.4 Å². The van der Waals surface area contributed by atoms with Gasteiger partial charge < -0.3 is 19.5 Å². The van der Waals surface area contributed by atoms with Crippen LogP contribution >= 0.6 is 0 Å². The third-order valence-corrected chi connectivity index (χ3v) is 5.88. The van der Waals surface area contributed by atoms with Crippen molar-refractivity contribution in [3.05, 3.63) is 42.1 Å². The lowest BCUT2D eigenvalue weighted by atomic mass is 9.94. The Hall–Kier alpha value is -3.89. The Morgan fingerprint density at radius 1 is 1.23 bits per heavy atom. The molecule has 4 aromatic heterocycles. The first-order valence-electron chi connectivity index (χ1n) is 11.7. The number of nitrogens with zero attached hydrogens (tertiary/aromatic N) is 7. The number of rotatable bonds is 4. The highest BCUT2D eigenvalue weighted by atomic mass is 16.6.